The average Bonchev–Trinajstić information content (AvgIpc) is 3.27. The molecular formula is C56H100O6. The van der Waals surface area contributed by atoms with Gasteiger partial charge in [-0.3, -0.25) is 14.4 Å². The minimum absolute atomic E-state index is 0.0830. The molecule has 0 heterocycles. The number of carbonyl (C=O) groups is 3. The molecule has 6 nitrogen and oxygen atoms in total. The van der Waals surface area contributed by atoms with Gasteiger partial charge in [-0.1, -0.05) is 211 Å². The molecule has 0 aromatic carbocycles. The van der Waals surface area contributed by atoms with Gasteiger partial charge in [0.25, 0.3) is 0 Å². The molecule has 0 aromatic heterocycles. The zero-order valence-corrected chi connectivity index (χ0v) is 41.1. The third kappa shape index (κ3) is 48.4. The van der Waals surface area contributed by atoms with Gasteiger partial charge in [-0.25, -0.2) is 0 Å². The van der Waals surface area contributed by atoms with Crippen LogP contribution in [0, 0.1) is 0 Å². The van der Waals surface area contributed by atoms with E-state index in [-0.39, 0.29) is 31.1 Å². The molecule has 0 amide bonds. The molecule has 0 aliphatic rings. The van der Waals surface area contributed by atoms with Gasteiger partial charge < -0.3 is 14.2 Å². The van der Waals surface area contributed by atoms with E-state index in [0.717, 1.165) is 89.9 Å². The second kappa shape index (κ2) is 51.0. The summed E-state index contributed by atoms with van der Waals surface area (Å²) in [5.41, 5.74) is 0. The van der Waals surface area contributed by atoms with Gasteiger partial charge in [0.15, 0.2) is 6.10 Å². The van der Waals surface area contributed by atoms with Crippen LogP contribution in [0.25, 0.3) is 0 Å². The van der Waals surface area contributed by atoms with Crippen LogP contribution < -0.4 is 0 Å². The zero-order valence-electron chi connectivity index (χ0n) is 41.1. The van der Waals surface area contributed by atoms with E-state index in [9.17, 15) is 14.4 Å². The quantitative estimate of drug-likeness (QED) is 0.0262. The van der Waals surface area contributed by atoms with Crippen molar-refractivity contribution in [3.8, 4) is 0 Å². The van der Waals surface area contributed by atoms with Gasteiger partial charge in [-0.2, -0.15) is 0 Å². The van der Waals surface area contributed by atoms with Crippen LogP contribution in [-0.2, 0) is 28.6 Å². The van der Waals surface area contributed by atoms with E-state index in [1.807, 2.05) is 0 Å². The number of hydrogen-bond acceptors (Lipinski definition) is 6. The van der Waals surface area contributed by atoms with Crippen molar-refractivity contribution in [2.24, 2.45) is 0 Å². The van der Waals surface area contributed by atoms with Crippen LogP contribution in [0.5, 0.6) is 0 Å². The monoisotopic (exact) mass is 869 g/mol. The van der Waals surface area contributed by atoms with Gasteiger partial charge in [-0.05, 0) is 89.9 Å². The Labute approximate surface area is 384 Å². The van der Waals surface area contributed by atoms with E-state index in [1.165, 1.54) is 141 Å². The average molecular weight is 869 g/mol. The van der Waals surface area contributed by atoms with Crippen molar-refractivity contribution in [3.63, 3.8) is 0 Å². The summed E-state index contributed by atoms with van der Waals surface area (Å²) in [6, 6.07) is 0. The summed E-state index contributed by atoms with van der Waals surface area (Å²) in [7, 11) is 0. The molecule has 360 valence electrons. The smallest absolute Gasteiger partial charge is 0.306 e. The maximum Gasteiger partial charge on any atom is 0.306 e. The van der Waals surface area contributed by atoms with Crippen LogP contribution in [-0.4, -0.2) is 37.2 Å². The Morgan fingerprint density at radius 2 is 0.597 bits per heavy atom. The van der Waals surface area contributed by atoms with Gasteiger partial charge in [0, 0.05) is 19.3 Å². The molecule has 0 saturated heterocycles. The van der Waals surface area contributed by atoms with Crippen molar-refractivity contribution in [1.29, 1.82) is 0 Å². The van der Waals surface area contributed by atoms with Crippen LogP contribution in [0.2, 0.25) is 0 Å². The van der Waals surface area contributed by atoms with Crippen LogP contribution in [0.3, 0.4) is 0 Å². The summed E-state index contributed by atoms with van der Waals surface area (Å²) in [5.74, 6) is -0.905. The summed E-state index contributed by atoms with van der Waals surface area (Å²) >= 11 is 0. The Bertz CT molecular complexity index is 1090. The predicted molar refractivity (Wildman–Crippen MR) is 265 cm³/mol. The molecule has 0 aromatic rings. The van der Waals surface area contributed by atoms with E-state index in [4.69, 9.17) is 14.2 Å². The van der Waals surface area contributed by atoms with Crippen molar-refractivity contribution in [3.05, 3.63) is 48.6 Å². The van der Waals surface area contributed by atoms with Crippen molar-refractivity contribution < 1.29 is 28.6 Å². The van der Waals surface area contributed by atoms with Gasteiger partial charge in [0.1, 0.15) is 13.2 Å². The minimum atomic E-state index is -0.783. The maximum atomic E-state index is 12.8. The highest BCUT2D eigenvalue weighted by Gasteiger charge is 2.19. The molecule has 0 N–H and O–H groups in total. The number of carbonyl (C=O) groups excluding carboxylic acids is 3. The molecule has 0 aliphatic heterocycles. The van der Waals surface area contributed by atoms with Crippen LogP contribution >= 0.6 is 0 Å². The van der Waals surface area contributed by atoms with Crippen LogP contribution in [0.1, 0.15) is 271 Å². The SMILES string of the molecule is CCCC/C=C\C/C=C\CCCCCCCC(=O)O[C@H](COC(=O)CCCCCCC/C=C\CCCC)COC(=O)CCCCCCCCC/C=C\CCCCCCCCCC. The van der Waals surface area contributed by atoms with E-state index < -0.39 is 6.10 Å². The number of rotatable bonds is 48. The number of esters is 3. The fourth-order valence-corrected chi connectivity index (χ4v) is 7.43. The van der Waals surface area contributed by atoms with E-state index >= 15 is 0 Å². The number of unbranched alkanes of at least 4 members (excludes halogenated alkanes) is 29. The Balaban J connectivity index is 4.34. The summed E-state index contributed by atoms with van der Waals surface area (Å²) in [4.78, 5) is 38.0. The lowest BCUT2D eigenvalue weighted by Crippen LogP contribution is -2.30. The zero-order chi connectivity index (χ0) is 45.1. The topological polar surface area (TPSA) is 78.9 Å². The Kier molecular flexibility index (Phi) is 48.8. The molecule has 0 rings (SSSR count). The van der Waals surface area contributed by atoms with E-state index in [0.29, 0.717) is 19.3 Å². The van der Waals surface area contributed by atoms with Gasteiger partial charge in [-0.15, -0.1) is 0 Å². The van der Waals surface area contributed by atoms with E-state index in [1.54, 1.807) is 0 Å². The van der Waals surface area contributed by atoms with Crippen molar-refractivity contribution in [2.75, 3.05) is 13.2 Å². The normalized spacial score (nSPS) is 12.4. The Morgan fingerprint density at radius 3 is 0.952 bits per heavy atom. The largest absolute Gasteiger partial charge is 0.462 e. The highest BCUT2D eigenvalue weighted by atomic mass is 16.6. The second-order valence-electron chi connectivity index (χ2n) is 17.8. The highest BCUT2D eigenvalue weighted by Crippen LogP contribution is 2.15. The molecule has 0 bridgehead atoms. The van der Waals surface area contributed by atoms with Crippen molar-refractivity contribution in [1.82, 2.24) is 0 Å². The minimum Gasteiger partial charge on any atom is -0.462 e. The first-order valence-electron chi connectivity index (χ1n) is 26.6. The molecule has 0 fully saturated rings. The summed E-state index contributed by atoms with van der Waals surface area (Å²) in [6.07, 6.45) is 61.0. The van der Waals surface area contributed by atoms with Gasteiger partial charge >= 0.3 is 17.9 Å². The van der Waals surface area contributed by atoms with Crippen molar-refractivity contribution >= 4 is 17.9 Å². The van der Waals surface area contributed by atoms with Gasteiger partial charge in [0.05, 0.1) is 0 Å². The lowest BCUT2D eigenvalue weighted by Gasteiger charge is -2.18. The fraction of sp³-hybridized carbons (Fsp3) is 0.804. The first kappa shape index (κ1) is 59.4. The fourth-order valence-electron chi connectivity index (χ4n) is 7.43. The molecule has 0 aliphatic carbocycles. The van der Waals surface area contributed by atoms with Crippen LogP contribution in [0.15, 0.2) is 48.6 Å². The highest BCUT2D eigenvalue weighted by molar-refractivity contribution is 5.71. The van der Waals surface area contributed by atoms with E-state index in [2.05, 4.69) is 69.4 Å². The Hall–Kier alpha value is -2.63. The third-order valence-corrected chi connectivity index (χ3v) is 11.5. The lowest BCUT2D eigenvalue weighted by molar-refractivity contribution is -0.167. The summed E-state index contributed by atoms with van der Waals surface area (Å²) in [6.45, 7) is 6.55. The molecule has 0 spiro atoms. The standard InChI is InChI=1S/C56H100O6/c1-4-7-10-13-16-19-22-24-26-27-28-29-30-32-34-37-40-43-46-49-55(58)61-52-53(51-60-54(57)48-45-42-39-36-33-21-18-15-12-9-6-3)62-56(59)50-47-44-41-38-35-31-25-23-20-17-14-11-8-5-2/h14-15,17-18,23,25,27-28,53H,4-13,16,19-22,24,26,29-52H2,1-3H3/b17-14-,18-15-,25-23-,28-27-/t53-/m1/s1. The predicted octanol–water partition coefficient (Wildman–Crippen LogP) is 17.5. The summed E-state index contributed by atoms with van der Waals surface area (Å²) in [5, 5.41) is 0. The third-order valence-electron chi connectivity index (χ3n) is 11.5. The molecule has 6 heteroatoms. The Morgan fingerprint density at radius 1 is 0.323 bits per heavy atom. The first-order valence-corrected chi connectivity index (χ1v) is 26.6. The number of hydrogen-bond donors (Lipinski definition) is 0. The molecule has 0 radical (unpaired) electrons. The molecule has 0 unspecified atom stereocenters. The lowest BCUT2D eigenvalue weighted by atomic mass is 10.1. The van der Waals surface area contributed by atoms with Crippen molar-refractivity contribution in [2.45, 2.75) is 277 Å². The number of ether oxygens (including phenoxy) is 3. The van der Waals surface area contributed by atoms with Crippen LogP contribution in [0.4, 0.5) is 0 Å². The molecule has 62 heavy (non-hydrogen) atoms. The second-order valence-corrected chi connectivity index (χ2v) is 17.8. The molecule has 0 saturated carbocycles. The van der Waals surface area contributed by atoms with Gasteiger partial charge in [0.2, 0.25) is 0 Å². The first-order chi connectivity index (χ1) is 30.5. The number of allylic oxidation sites excluding steroid dienone is 8. The molecular weight excluding hydrogens is 769 g/mol. The maximum absolute atomic E-state index is 12.8. The summed E-state index contributed by atoms with van der Waals surface area (Å²) < 4.78 is 16.8. The molecule has 1 atom stereocenters.